The Morgan fingerprint density at radius 3 is 2.39 bits per heavy atom. The Morgan fingerprint density at radius 1 is 1.16 bits per heavy atom. The predicted molar refractivity (Wildman–Crippen MR) is 131 cm³/mol. The number of rotatable bonds is 4. The van der Waals surface area contributed by atoms with Crippen molar-refractivity contribution in [2.75, 3.05) is 27.2 Å². The van der Waals surface area contributed by atoms with E-state index in [1.165, 1.54) is 11.1 Å². The van der Waals surface area contributed by atoms with Crippen LogP contribution in [0, 0.1) is 12.8 Å². The van der Waals surface area contributed by atoms with Gasteiger partial charge in [0.25, 0.3) is 5.91 Å². The summed E-state index contributed by atoms with van der Waals surface area (Å²) >= 11 is 0. The Morgan fingerprint density at radius 2 is 1.81 bits per heavy atom. The maximum atomic E-state index is 13.2. The van der Waals surface area contributed by atoms with Crippen molar-refractivity contribution >= 4 is 11.5 Å². The standard InChI is InChI=1S/C25H34N2O2.C2H6/c1-17-13-23(21-9-11-26(5)12-10-21)16-27(20(17)4)25(28)15-18(2)22-7-8-24(29-6)19(3)14-22;1-2/h7-8,13-16,20-21H,9-12H2,1-6H3;1-2H3/b18-15+;. The van der Waals surface area contributed by atoms with E-state index in [1.54, 1.807) is 13.2 Å². The first kappa shape index (κ1) is 24.9. The molecule has 1 saturated heterocycles. The number of carbonyl (C=O) groups excluding carboxylic acids is 1. The highest BCUT2D eigenvalue weighted by atomic mass is 16.5. The van der Waals surface area contributed by atoms with Gasteiger partial charge in [-0.05, 0) is 101 Å². The number of benzene rings is 1. The Bertz CT molecular complexity index is 858. The van der Waals surface area contributed by atoms with Crippen LogP contribution in [0.15, 0.2) is 47.7 Å². The van der Waals surface area contributed by atoms with E-state index >= 15 is 0 Å². The van der Waals surface area contributed by atoms with Gasteiger partial charge in [-0.1, -0.05) is 31.6 Å². The van der Waals surface area contributed by atoms with Gasteiger partial charge >= 0.3 is 0 Å². The maximum absolute atomic E-state index is 13.2. The molecule has 0 saturated carbocycles. The molecule has 1 aromatic carbocycles. The van der Waals surface area contributed by atoms with Crippen LogP contribution in [0.25, 0.3) is 5.57 Å². The van der Waals surface area contributed by atoms with Crippen molar-refractivity contribution < 1.29 is 9.53 Å². The van der Waals surface area contributed by atoms with Crippen LogP contribution in [0.3, 0.4) is 0 Å². The fraction of sp³-hybridized carbons (Fsp3) is 0.519. The zero-order valence-corrected chi connectivity index (χ0v) is 20.7. The Kier molecular flexibility index (Phi) is 9.12. The highest BCUT2D eigenvalue weighted by molar-refractivity contribution is 5.96. The minimum atomic E-state index is 0.0429. The lowest BCUT2D eigenvalue weighted by atomic mass is 9.86. The molecule has 2 aliphatic rings. The van der Waals surface area contributed by atoms with Crippen LogP contribution in [0.1, 0.15) is 58.6 Å². The van der Waals surface area contributed by atoms with Crippen LogP contribution in [0.2, 0.25) is 0 Å². The zero-order chi connectivity index (χ0) is 23.1. The van der Waals surface area contributed by atoms with Crippen molar-refractivity contribution in [3.63, 3.8) is 0 Å². The molecule has 1 unspecified atom stereocenters. The van der Waals surface area contributed by atoms with Crippen molar-refractivity contribution in [3.05, 3.63) is 58.8 Å². The van der Waals surface area contributed by atoms with Gasteiger partial charge < -0.3 is 14.5 Å². The van der Waals surface area contributed by atoms with Gasteiger partial charge in [0.1, 0.15) is 5.75 Å². The molecule has 4 heteroatoms. The molecule has 3 rings (SSSR count). The van der Waals surface area contributed by atoms with Crippen LogP contribution in [0.4, 0.5) is 0 Å². The van der Waals surface area contributed by atoms with Gasteiger partial charge in [-0.25, -0.2) is 0 Å². The largest absolute Gasteiger partial charge is 0.496 e. The minimum absolute atomic E-state index is 0.0429. The van der Waals surface area contributed by atoms with Gasteiger partial charge in [-0.2, -0.15) is 0 Å². The van der Waals surface area contributed by atoms with Crippen molar-refractivity contribution in [2.45, 2.75) is 60.4 Å². The number of ether oxygens (including phenoxy) is 1. The molecule has 0 spiro atoms. The molecule has 0 aromatic heterocycles. The molecule has 1 aromatic rings. The van der Waals surface area contributed by atoms with Gasteiger partial charge in [0.2, 0.25) is 0 Å². The van der Waals surface area contributed by atoms with E-state index in [4.69, 9.17) is 4.74 Å². The van der Waals surface area contributed by atoms with Crippen molar-refractivity contribution in [3.8, 4) is 5.75 Å². The lowest BCUT2D eigenvalue weighted by Crippen LogP contribution is -2.38. The fourth-order valence-corrected chi connectivity index (χ4v) is 4.20. The van der Waals surface area contributed by atoms with E-state index in [9.17, 15) is 4.79 Å². The first-order chi connectivity index (χ1) is 14.8. The summed E-state index contributed by atoms with van der Waals surface area (Å²) in [4.78, 5) is 17.5. The zero-order valence-electron chi connectivity index (χ0n) is 20.7. The van der Waals surface area contributed by atoms with E-state index in [0.29, 0.717) is 5.92 Å². The molecule has 31 heavy (non-hydrogen) atoms. The van der Waals surface area contributed by atoms with Gasteiger partial charge in [-0.15, -0.1) is 0 Å². The van der Waals surface area contributed by atoms with Gasteiger partial charge in [0, 0.05) is 12.3 Å². The summed E-state index contributed by atoms with van der Waals surface area (Å²) in [6, 6.07) is 6.12. The van der Waals surface area contributed by atoms with E-state index < -0.39 is 0 Å². The predicted octanol–water partition coefficient (Wildman–Crippen LogP) is 5.84. The molecule has 2 aliphatic heterocycles. The Balaban J connectivity index is 0.00000166. The third kappa shape index (κ3) is 6.10. The normalized spacial score (nSPS) is 20.5. The number of aryl methyl sites for hydroxylation is 1. The summed E-state index contributed by atoms with van der Waals surface area (Å²) in [5, 5.41) is 0. The molecule has 0 radical (unpaired) electrons. The summed E-state index contributed by atoms with van der Waals surface area (Å²) in [6.45, 7) is 14.5. The van der Waals surface area contributed by atoms with Crippen LogP contribution in [0.5, 0.6) is 5.75 Å². The quantitative estimate of drug-likeness (QED) is 0.570. The van der Waals surface area contributed by atoms with Gasteiger partial charge in [-0.3, -0.25) is 4.79 Å². The van der Waals surface area contributed by atoms with Crippen molar-refractivity contribution in [1.29, 1.82) is 0 Å². The summed E-state index contributed by atoms with van der Waals surface area (Å²) in [6.07, 6.45) is 8.47. The number of likely N-dealkylation sites (tertiary alicyclic amines) is 1. The number of allylic oxidation sites excluding steroid dienone is 3. The van der Waals surface area contributed by atoms with Crippen molar-refractivity contribution in [1.82, 2.24) is 9.80 Å². The van der Waals surface area contributed by atoms with Crippen LogP contribution in [-0.4, -0.2) is 49.0 Å². The molecular formula is C27H40N2O2. The second-order valence-electron chi connectivity index (χ2n) is 8.53. The summed E-state index contributed by atoms with van der Waals surface area (Å²) < 4.78 is 5.35. The van der Waals surface area contributed by atoms with E-state index in [0.717, 1.165) is 48.4 Å². The molecule has 170 valence electrons. The topological polar surface area (TPSA) is 32.8 Å². The minimum Gasteiger partial charge on any atom is -0.496 e. The number of amides is 1. The summed E-state index contributed by atoms with van der Waals surface area (Å²) in [5.74, 6) is 1.45. The molecule has 2 heterocycles. The summed E-state index contributed by atoms with van der Waals surface area (Å²) in [7, 11) is 3.86. The van der Waals surface area contributed by atoms with E-state index in [2.05, 4.69) is 44.1 Å². The molecule has 1 amide bonds. The molecular weight excluding hydrogens is 384 g/mol. The highest BCUT2D eigenvalue weighted by Gasteiger charge is 2.27. The van der Waals surface area contributed by atoms with Crippen LogP contribution < -0.4 is 4.74 Å². The maximum Gasteiger partial charge on any atom is 0.251 e. The smallest absolute Gasteiger partial charge is 0.251 e. The van der Waals surface area contributed by atoms with Gasteiger partial charge in [0.05, 0.1) is 13.2 Å². The molecule has 4 nitrogen and oxygen atoms in total. The molecule has 1 atom stereocenters. The van der Waals surface area contributed by atoms with E-state index in [1.807, 2.05) is 44.7 Å². The number of hydrogen-bond acceptors (Lipinski definition) is 3. The summed E-state index contributed by atoms with van der Waals surface area (Å²) in [5.41, 5.74) is 5.64. The lowest BCUT2D eigenvalue weighted by Gasteiger charge is -2.35. The first-order valence-corrected chi connectivity index (χ1v) is 11.5. The van der Waals surface area contributed by atoms with Crippen LogP contribution in [-0.2, 0) is 4.79 Å². The third-order valence-electron chi connectivity index (χ3n) is 6.39. The second kappa shape index (κ2) is 11.3. The number of methoxy groups -OCH3 is 1. The molecule has 1 fully saturated rings. The average Bonchev–Trinajstić information content (AvgIpc) is 2.77. The van der Waals surface area contributed by atoms with Crippen LogP contribution >= 0.6 is 0 Å². The van der Waals surface area contributed by atoms with E-state index in [-0.39, 0.29) is 11.9 Å². The number of hydrogen-bond donors (Lipinski definition) is 0. The number of piperidine rings is 1. The fourth-order valence-electron chi connectivity index (χ4n) is 4.20. The number of nitrogens with zero attached hydrogens (tertiary/aromatic N) is 2. The first-order valence-electron chi connectivity index (χ1n) is 11.5. The monoisotopic (exact) mass is 424 g/mol. The third-order valence-corrected chi connectivity index (χ3v) is 6.39. The molecule has 0 N–H and O–H groups in total. The molecule has 0 aliphatic carbocycles. The average molecular weight is 425 g/mol. The van der Waals surface area contributed by atoms with Gasteiger partial charge in [0.15, 0.2) is 0 Å². The lowest BCUT2D eigenvalue weighted by molar-refractivity contribution is -0.124. The number of carbonyl (C=O) groups is 1. The SMILES string of the molecule is CC.COc1ccc(/C(C)=C/C(=O)N2C=C(C3CCN(C)CC3)C=C(C)C2C)cc1C. The Labute approximate surface area is 189 Å². The Hall–Kier alpha value is -2.33. The van der Waals surface area contributed by atoms with Crippen molar-refractivity contribution in [2.24, 2.45) is 5.92 Å². The highest BCUT2D eigenvalue weighted by Crippen LogP contribution is 2.31. The molecule has 0 bridgehead atoms. The second-order valence-corrected chi connectivity index (χ2v) is 8.53.